The standard InChI is InChI=1S/C28H35N3O5/c1-20-8-9-24(21(2)16-20)29-10-12-30(13-11-29)25(32)18-28(22-6-5-7-23(17-22)36-4)19-26(33)31(27(28)34)14-15-35-3/h5-9,16-17H,10-15,18-19H2,1-4H3. The highest BCUT2D eigenvalue weighted by Gasteiger charge is 2.54. The van der Waals surface area contributed by atoms with Gasteiger partial charge in [-0.1, -0.05) is 29.8 Å². The van der Waals surface area contributed by atoms with Crippen molar-refractivity contribution in [1.82, 2.24) is 9.80 Å². The second-order valence-electron chi connectivity index (χ2n) is 9.67. The van der Waals surface area contributed by atoms with E-state index in [-0.39, 0.29) is 43.7 Å². The monoisotopic (exact) mass is 493 g/mol. The summed E-state index contributed by atoms with van der Waals surface area (Å²) >= 11 is 0. The van der Waals surface area contributed by atoms with Crippen molar-refractivity contribution in [3.63, 3.8) is 0 Å². The predicted octanol–water partition coefficient (Wildman–Crippen LogP) is 2.69. The summed E-state index contributed by atoms with van der Waals surface area (Å²) in [7, 11) is 3.08. The number of aryl methyl sites for hydroxylation is 2. The number of nitrogens with zero attached hydrogens (tertiary/aromatic N) is 3. The van der Waals surface area contributed by atoms with Crippen molar-refractivity contribution in [2.24, 2.45) is 0 Å². The highest BCUT2D eigenvalue weighted by atomic mass is 16.5. The van der Waals surface area contributed by atoms with E-state index in [2.05, 4.69) is 36.9 Å². The molecule has 36 heavy (non-hydrogen) atoms. The van der Waals surface area contributed by atoms with Gasteiger partial charge in [0.1, 0.15) is 5.75 Å². The zero-order chi connectivity index (χ0) is 25.9. The van der Waals surface area contributed by atoms with Crippen LogP contribution in [0.15, 0.2) is 42.5 Å². The van der Waals surface area contributed by atoms with Crippen LogP contribution in [0.1, 0.15) is 29.5 Å². The molecule has 2 aromatic carbocycles. The van der Waals surface area contributed by atoms with E-state index >= 15 is 0 Å². The summed E-state index contributed by atoms with van der Waals surface area (Å²) in [5, 5.41) is 0. The van der Waals surface area contributed by atoms with E-state index in [1.165, 1.54) is 28.8 Å². The molecule has 2 heterocycles. The topological polar surface area (TPSA) is 79.4 Å². The fourth-order valence-corrected chi connectivity index (χ4v) is 5.32. The maximum absolute atomic E-state index is 13.7. The Bertz CT molecular complexity index is 1140. The van der Waals surface area contributed by atoms with Gasteiger partial charge in [-0.3, -0.25) is 19.3 Å². The second kappa shape index (κ2) is 10.7. The molecule has 0 N–H and O–H groups in total. The Morgan fingerprint density at radius 1 is 1.00 bits per heavy atom. The summed E-state index contributed by atoms with van der Waals surface area (Å²) in [5.41, 5.74) is 3.01. The molecular weight excluding hydrogens is 458 g/mol. The first-order valence-electron chi connectivity index (χ1n) is 12.4. The predicted molar refractivity (Wildman–Crippen MR) is 137 cm³/mol. The van der Waals surface area contributed by atoms with Crippen LogP contribution in [0.3, 0.4) is 0 Å². The number of imide groups is 1. The molecule has 2 aromatic rings. The van der Waals surface area contributed by atoms with Gasteiger partial charge in [0.15, 0.2) is 0 Å². The van der Waals surface area contributed by atoms with Crippen LogP contribution in [-0.2, 0) is 24.5 Å². The van der Waals surface area contributed by atoms with E-state index in [9.17, 15) is 14.4 Å². The average Bonchev–Trinajstić information content (AvgIpc) is 3.12. The second-order valence-corrected chi connectivity index (χ2v) is 9.67. The van der Waals surface area contributed by atoms with Gasteiger partial charge >= 0.3 is 0 Å². The van der Waals surface area contributed by atoms with Crippen molar-refractivity contribution in [1.29, 1.82) is 0 Å². The quantitative estimate of drug-likeness (QED) is 0.526. The van der Waals surface area contributed by atoms with Crippen LogP contribution in [0.25, 0.3) is 0 Å². The third kappa shape index (κ3) is 4.95. The molecule has 0 radical (unpaired) electrons. The molecule has 0 bridgehead atoms. The Morgan fingerprint density at radius 3 is 2.42 bits per heavy atom. The number of benzene rings is 2. The molecule has 8 heteroatoms. The van der Waals surface area contributed by atoms with E-state index in [1.54, 1.807) is 31.4 Å². The van der Waals surface area contributed by atoms with Crippen molar-refractivity contribution in [3.8, 4) is 5.75 Å². The lowest BCUT2D eigenvalue weighted by Gasteiger charge is -2.38. The van der Waals surface area contributed by atoms with E-state index in [1.807, 2.05) is 4.90 Å². The maximum atomic E-state index is 13.7. The molecule has 2 aliphatic rings. The lowest BCUT2D eigenvalue weighted by atomic mass is 9.75. The van der Waals surface area contributed by atoms with Crippen LogP contribution >= 0.6 is 0 Å². The minimum Gasteiger partial charge on any atom is -0.497 e. The number of piperazine rings is 1. The van der Waals surface area contributed by atoms with Gasteiger partial charge in [0.05, 0.1) is 25.7 Å². The molecule has 1 unspecified atom stereocenters. The van der Waals surface area contributed by atoms with Gasteiger partial charge in [-0.05, 0) is 43.2 Å². The molecular formula is C28H35N3O5. The molecule has 192 valence electrons. The number of anilines is 1. The van der Waals surface area contributed by atoms with Gasteiger partial charge in [0.2, 0.25) is 17.7 Å². The molecule has 0 aromatic heterocycles. The van der Waals surface area contributed by atoms with E-state index < -0.39 is 5.41 Å². The Labute approximate surface area is 212 Å². The number of hydrogen-bond donors (Lipinski definition) is 0. The number of hydrogen-bond acceptors (Lipinski definition) is 6. The van der Waals surface area contributed by atoms with Crippen LogP contribution in [0.4, 0.5) is 5.69 Å². The number of amides is 3. The van der Waals surface area contributed by atoms with Crippen LogP contribution < -0.4 is 9.64 Å². The minimum atomic E-state index is -1.25. The van der Waals surface area contributed by atoms with Crippen LogP contribution in [0.2, 0.25) is 0 Å². The summed E-state index contributed by atoms with van der Waals surface area (Å²) in [6, 6.07) is 13.6. The molecule has 2 fully saturated rings. The lowest BCUT2D eigenvalue weighted by Crippen LogP contribution is -2.51. The van der Waals surface area contributed by atoms with E-state index in [0.717, 1.165) is 0 Å². The molecule has 0 aliphatic carbocycles. The van der Waals surface area contributed by atoms with Crippen LogP contribution in [0, 0.1) is 13.8 Å². The summed E-state index contributed by atoms with van der Waals surface area (Å²) in [4.78, 5) is 45.6. The van der Waals surface area contributed by atoms with Crippen molar-refractivity contribution >= 4 is 23.4 Å². The fraction of sp³-hybridized carbons (Fsp3) is 0.464. The van der Waals surface area contributed by atoms with Crippen molar-refractivity contribution in [3.05, 3.63) is 59.2 Å². The Morgan fingerprint density at radius 2 is 1.75 bits per heavy atom. The van der Waals surface area contributed by atoms with Gasteiger partial charge in [0, 0.05) is 51.8 Å². The number of carbonyl (C=O) groups is 3. The molecule has 8 nitrogen and oxygen atoms in total. The zero-order valence-corrected chi connectivity index (χ0v) is 21.6. The first kappa shape index (κ1) is 25.7. The van der Waals surface area contributed by atoms with Crippen LogP contribution in [-0.4, -0.2) is 81.1 Å². The zero-order valence-electron chi connectivity index (χ0n) is 21.6. The number of rotatable bonds is 8. The number of methoxy groups -OCH3 is 2. The molecule has 3 amide bonds. The summed E-state index contributed by atoms with van der Waals surface area (Å²) in [6.45, 7) is 7.17. The lowest BCUT2D eigenvalue weighted by molar-refractivity contribution is -0.143. The van der Waals surface area contributed by atoms with E-state index in [4.69, 9.17) is 9.47 Å². The third-order valence-corrected chi connectivity index (χ3v) is 7.33. The van der Waals surface area contributed by atoms with Gasteiger partial charge < -0.3 is 19.3 Å². The van der Waals surface area contributed by atoms with Crippen LogP contribution in [0.5, 0.6) is 5.75 Å². The molecule has 2 saturated heterocycles. The minimum absolute atomic E-state index is 0.0447. The third-order valence-electron chi connectivity index (χ3n) is 7.33. The number of carbonyl (C=O) groups excluding carboxylic acids is 3. The summed E-state index contributed by atoms with van der Waals surface area (Å²) in [5.74, 6) is -0.169. The Hall–Kier alpha value is -3.39. The maximum Gasteiger partial charge on any atom is 0.240 e. The van der Waals surface area contributed by atoms with Gasteiger partial charge in [-0.25, -0.2) is 0 Å². The fourth-order valence-electron chi connectivity index (χ4n) is 5.32. The van der Waals surface area contributed by atoms with Gasteiger partial charge in [-0.2, -0.15) is 0 Å². The summed E-state index contributed by atoms with van der Waals surface area (Å²) < 4.78 is 10.5. The van der Waals surface area contributed by atoms with Crippen molar-refractivity contribution < 1.29 is 23.9 Å². The summed E-state index contributed by atoms with van der Waals surface area (Å²) in [6.07, 6.45) is -0.102. The number of ether oxygens (including phenoxy) is 2. The molecule has 2 aliphatic heterocycles. The normalized spacial score (nSPS) is 20.3. The molecule has 0 spiro atoms. The Kier molecular flexibility index (Phi) is 7.64. The Balaban J connectivity index is 1.54. The smallest absolute Gasteiger partial charge is 0.240 e. The largest absolute Gasteiger partial charge is 0.497 e. The molecule has 0 saturated carbocycles. The molecule has 1 atom stereocenters. The highest BCUT2D eigenvalue weighted by Crippen LogP contribution is 2.41. The van der Waals surface area contributed by atoms with Gasteiger partial charge in [-0.15, -0.1) is 0 Å². The molecule has 4 rings (SSSR count). The SMILES string of the molecule is COCCN1C(=O)CC(CC(=O)N2CCN(c3ccc(C)cc3C)CC2)(c2cccc(OC)c2)C1=O. The van der Waals surface area contributed by atoms with Crippen molar-refractivity contribution in [2.45, 2.75) is 32.1 Å². The number of likely N-dealkylation sites (tertiary alicyclic amines) is 1. The first-order valence-corrected chi connectivity index (χ1v) is 12.4. The highest BCUT2D eigenvalue weighted by molar-refractivity contribution is 6.10. The van der Waals surface area contributed by atoms with Crippen molar-refractivity contribution in [2.75, 3.05) is 58.5 Å². The van der Waals surface area contributed by atoms with Gasteiger partial charge in [0.25, 0.3) is 0 Å². The van der Waals surface area contributed by atoms with E-state index in [0.29, 0.717) is 37.5 Å². The average molecular weight is 494 g/mol. The first-order chi connectivity index (χ1) is 17.3.